The molecule has 1 atom stereocenters. The first-order valence-electron chi connectivity index (χ1n) is 7.61. The van der Waals surface area contributed by atoms with Gasteiger partial charge in [0.15, 0.2) is 0 Å². The number of aromatic nitrogens is 1. The van der Waals surface area contributed by atoms with E-state index in [0.717, 1.165) is 16.9 Å². The average Bonchev–Trinajstić information content (AvgIpc) is 2.50. The van der Waals surface area contributed by atoms with Crippen molar-refractivity contribution in [1.29, 1.82) is 0 Å². The fourth-order valence-electron chi connectivity index (χ4n) is 2.31. The number of aliphatic carboxylic acids is 1. The van der Waals surface area contributed by atoms with Crippen molar-refractivity contribution in [1.82, 2.24) is 10.3 Å². The summed E-state index contributed by atoms with van der Waals surface area (Å²) >= 11 is 0. The van der Waals surface area contributed by atoms with Crippen LogP contribution in [0.25, 0.3) is 0 Å². The van der Waals surface area contributed by atoms with Crippen molar-refractivity contribution < 1.29 is 14.6 Å². The van der Waals surface area contributed by atoms with Gasteiger partial charge in [-0.2, -0.15) is 0 Å². The van der Waals surface area contributed by atoms with Crippen molar-refractivity contribution in [3.8, 4) is 11.5 Å². The van der Waals surface area contributed by atoms with Crippen LogP contribution < -0.4 is 10.1 Å². The van der Waals surface area contributed by atoms with Crippen molar-refractivity contribution in [2.75, 3.05) is 0 Å². The van der Waals surface area contributed by atoms with Gasteiger partial charge in [0, 0.05) is 12.7 Å². The van der Waals surface area contributed by atoms with Crippen LogP contribution in [-0.4, -0.2) is 22.1 Å². The molecule has 2 rings (SSSR count). The van der Waals surface area contributed by atoms with Crippen molar-refractivity contribution in [2.45, 2.75) is 33.4 Å². The van der Waals surface area contributed by atoms with Crippen molar-refractivity contribution in [3.63, 3.8) is 0 Å². The Morgan fingerprint density at radius 3 is 2.70 bits per heavy atom. The first-order chi connectivity index (χ1) is 11.0. The maximum absolute atomic E-state index is 11.2. The number of carbonyl (C=O) groups is 1. The Hall–Kier alpha value is -2.40. The standard InChI is InChI=1S/C18H22N2O3/c1-12(2)17(18(21)22)20-10-14-6-7-16(13(3)9-14)23-15-5-4-8-19-11-15/h4-9,11-12,17,20H,10H2,1-3H3,(H,21,22)/t17-/m1/s1. The molecule has 0 unspecified atom stereocenters. The molecule has 0 spiro atoms. The number of rotatable bonds is 7. The smallest absolute Gasteiger partial charge is 0.320 e. The number of benzene rings is 1. The minimum atomic E-state index is -0.826. The first-order valence-corrected chi connectivity index (χ1v) is 7.61. The fraction of sp³-hybridized carbons (Fsp3) is 0.333. The number of carboxylic acids is 1. The zero-order chi connectivity index (χ0) is 16.8. The van der Waals surface area contributed by atoms with Gasteiger partial charge in [-0.25, -0.2) is 0 Å². The third kappa shape index (κ3) is 4.79. The molecule has 0 radical (unpaired) electrons. The van der Waals surface area contributed by atoms with E-state index in [4.69, 9.17) is 4.74 Å². The summed E-state index contributed by atoms with van der Waals surface area (Å²) < 4.78 is 5.79. The van der Waals surface area contributed by atoms with Crippen LogP contribution in [0.2, 0.25) is 0 Å². The van der Waals surface area contributed by atoms with Crippen LogP contribution in [0.1, 0.15) is 25.0 Å². The molecule has 122 valence electrons. The number of nitrogens with one attached hydrogen (secondary N) is 1. The van der Waals surface area contributed by atoms with Crippen molar-refractivity contribution in [2.24, 2.45) is 5.92 Å². The predicted molar refractivity (Wildman–Crippen MR) is 88.6 cm³/mol. The van der Waals surface area contributed by atoms with E-state index in [-0.39, 0.29) is 5.92 Å². The first kappa shape index (κ1) is 17.0. The Kier molecular flexibility index (Phi) is 5.71. The van der Waals surface area contributed by atoms with Gasteiger partial charge in [0.25, 0.3) is 0 Å². The van der Waals surface area contributed by atoms with Gasteiger partial charge in [-0.3, -0.25) is 9.78 Å². The molecule has 0 fully saturated rings. The summed E-state index contributed by atoms with van der Waals surface area (Å²) in [6, 6.07) is 8.94. The zero-order valence-electron chi connectivity index (χ0n) is 13.6. The van der Waals surface area contributed by atoms with Gasteiger partial charge in [0.05, 0.1) is 6.20 Å². The molecule has 1 aromatic carbocycles. The summed E-state index contributed by atoms with van der Waals surface area (Å²) in [5, 5.41) is 12.3. The normalized spacial score (nSPS) is 12.2. The topological polar surface area (TPSA) is 71.5 Å². The lowest BCUT2D eigenvalue weighted by molar-refractivity contribution is -0.140. The molecule has 0 aliphatic carbocycles. The fourth-order valence-corrected chi connectivity index (χ4v) is 2.31. The molecule has 0 bridgehead atoms. The van der Waals surface area contributed by atoms with E-state index >= 15 is 0 Å². The molecule has 0 saturated heterocycles. The summed E-state index contributed by atoms with van der Waals surface area (Å²) in [5.41, 5.74) is 2.01. The number of hydrogen-bond donors (Lipinski definition) is 2. The minimum Gasteiger partial charge on any atom is -0.480 e. The molecule has 2 aromatic rings. The monoisotopic (exact) mass is 314 g/mol. The van der Waals surface area contributed by atoms with Crippen LogP contribution in [0.4, 0.5) is 0 Å². The van der Waals surface area contributed by atoms with E-state index in [1.165, 1.54) is 0 Å². The van der Waals surface area contributed by atoms with Gasteiger partial charge < -0.3 is 15.2 Å². The highest BCUT2D eigenvalue weighted by Gasteiger charge is 2.20. The summed E-state index contributed by atoms with van der Waals surface area (Å²) in [6.45, 7) is 6.25. The lowest BCUT2D eigenvalue weighted by atomic mass is 10.0. The van der Waals surface area contributed by atoms with Crippen LogP contribution in [0.15, 0.2) is 42.7 Å². The molecule has 0 aliphatic heterocycles. The second-order valence-electron chi connectivity index (χ2n) is 5.83. The van der Waals surface area contributed by atoms with Crippen LogP contribution in [-0.2, 0) is 11.3 Å². The molecule has 0 amide bonds. The summed E-state index contributed by atoms with van der Waals surface area (Å²) in [7, 11) is 0. The van der Waals surface area contributed by atoms with Crippen LogP contribution in [0.3, 0.4) is 0 Å². The Morgan fingerprint density at radius 2 is 2.13 bits per heavy atom. The lowest BCUT2D eigenvalue weighted by Crippen LogP contribution is -2.40. The number of aryl methyl sites for hydroxylation is 1. The molecule has 0 aliphatic rings. The molecule has 0 saturated carbocycles. The van der Waals surface area contributed by atoms with Crippen molar-refractivity contribution >= 4 is 5.97 Å². The quantitative estimate of drug-likeness (QED) is 0.820. The largest absolute Gasteiger partial charge is 0.480 e. The van der Waals surface area contributed by atoms with E-state index < -0.39 is 12.0 Å². The number of nitrogens with zero attached hydrogens (tertiary/aromatic N) is 1. The van der Waals surface area contributed by atoms with Crippen LogP contribution in [0.5, 0.6) is 11.5 Å². The van der Waals surface area contributed by atoms with E-state index in [1.54, 1.807) is 12.4 Å². The van der Waals surface area contributed by atoms with Crippen LogP contribution in [0, 0.1) is 12.8 Å². The zero-order valence-corrected chi connectivity index (χ0v) is 13.6. The molecular weight excluding hydrogens is 292 g/mol. The Balaban J connectivity index is 2.03. The highest BCUT2D eigenvalue weighted by Crippen LogP contribution is 2.25. The molecule has 1 heterocycles. The number of pyridine rings is 1. The van der Waals surface area contributed by atoms with Gasteiger partial charge in [-0.1, -0.05) is 26.0 Å². The van der Waals surface area contributed by atoms with Crippen LogP contribution >= 0.6 is 0 Å². The number of hydrogen-bond acceptors (Lipinski definition) is 4. The Bertz CT molecular complexity index is 657. The summed E-state index contributed by atoms with van der Waals surface area (Å²) in [4.78, 5) is 15.2. The van der Waals surface area contributed by atoms with Gasteiger partial charge in [0.2, 0.25) is 0 Å². The maximum atomic E-state index is 11.2. The van der Waals surface area contributed by atoms with E-state index in [2.05, 4.69) is 10.3 Å². The van der Waals surface area contributed by atoms with Gasteiger partial charge in [-0.15, -0.1) is 0 Å². The van der Waals surface area contributed by atoms with Crippen molar-refractivity contribution in [3.05, 3.63) is 53.9 Å². The third-order valence-corrected chi connectivity index (χ3v) is 3.56. The predicted octanol–water partition coefficient (Wildman–Crippen LogP) is 3.38. The summed E-state index contributed by atoms with van der Waals surface area (Å²) in [6.07, 6.45) is 3.36. The highest BCUT2D eigenvalue weighted by molar-refractivity contribution is 5.73. The number of ether oxygens (including phenoxy) is 1. The number of carboxylic acid groups (broad SMARTS) is 1. The maximum Gasteiger partial charge on any atom is 0.320 e. The third-order valence-electron chi connectivity index (χ3n) is 3.56. The van der Waals surface area contributed by atoms with Gasteiger partial charge in [0.1, 0.15) is 17.5 Å². The second-order valence-corrected chi connectivity index (χ2v) is 5.83. The highest BCUT2D eigenvalue weighted by atomic mass is 16.5. The van der Waals surface area contributed by atoms with Gasteiger partial charge >= 0.3 is 5.97 Å². The lowest BCUT2D eigenvalue weighted by Gasteiger charge is -2.18. The molecule has 5 nitrogen and oxygen atoms in total. The SMILES string of the molecule is Cc1cc(CN[C@@H](C(=O)O)C(C)C)ccc1Oc1cccnc1. The molecule has 5 heteroatoms. The van der Waals surface area contributed by atoms with E-state index in [9.17, 15) is 9.90 Å². The molecule has 1 aromatic heterocycles. The second kappa shape index (κ2) is 7.74. The van der Waals surface area contributed by atoms with E-state index in [1.807, 2.05) is 51.1 Å². The Morgan fingerprint density at radius 1 is 1.35 bits per heavy atom. The van der Waals surface area contributed by atoms with Gasteiger partial charge in [-0.05, 0) is 42.2 Å². The van der Waals surface area contributed by atoms with E-state index in [0.29, 0.717) is 12.3 Å². The molecular formula is C18H22N2O3. The average molecular weight is 314 g/mol. The molecule has 23 heavy (non-hydrogen) atoms. The summed E-state index contributed by atoms with van der Waals surface area (Å²) in [5.74, 6) is 0.655. The Labute approximate surface area is 136 Å². The molecule has 2 N–H and O–H groups in total. The minimum absolute atomic E-state index is 0.0294.